The molecule has 4 rings (SSSR count). The predicted octanol–water partition coefficient (Wildman–Crippen LogP) is 3.56. The van der Waals surface area contributed by atoms with Gasteiger partial charge in [0.15, 0.2) is 5.16 Å². The Bertz CT molecular complexity index is 974. The van der Waals surface area contributed by atoms with E-state index in [1.807, 2.05) is 22.8 Å². The summed E-state index contributed by atoms with van der Waals surface area (Å²) in [4.78, 5) is 14.8. The monoisotopic (exact) mass is 421 g/mol. The zero-order valence-corrected chi connectivity index (χ0v) is 18.0. The van der Waals surface area contributed by atoms with Crippen LogP contribution >= 0.6 is 11.8 Å². The van der Waals surface area contributed by atoms with E-state index in [9.17, 15) is 4.79 Å². The van der Waals surface area contributed by atoms with Gasteiger partial charge in [-0.25, -0.2) is 0 Å². The van der Waals surface area contributed by atoms with Crippen molar-refractivity contribution in [3.05, 3.63) is 66.5 Å². The summed E-state index contributed by atoms with van der Waals surface area (Å²) in [5.41, 5.74) is 3.56. The van der Waals surface area contributed by atoms with Crippen molar-refractivity contribution in [2.24, 2.45) is 5.92 Å². The first-order valence-electron chi connectivity index (χ1n) is 10.4. The van der Waals surface area contributed by atoms with Crippen molar-refractivity contribution in [2.45, 2.75) is 24.9 Å². The number of hydrogen-bond acceptors (Lipinski definition) is 5. The highest BCUT2D eigenvalue weighted by molar-refractivity contribution is 7.99. The van der Waals surface area contributed by atoms with Crippen LogP contribution in [0.4, 0.5) is 5.69 Å². The van der Waals surface area contributed by atoms with E-state index in [2.05, 4.69) is 63.7 Å². The molecule has 1 amide bonds. The molecule has 7 heteroatoms. The third-order valence-electron chi connectivity index (χ3n) is 5.48. The molecular formula is C23H27N5OS. The van der Waals surface area contributed by atoms with Gasteiger partial charge in [0.05, 0.1) is 11.4 Å². The summed E-state index contributed by atoms with van der Waals surface area (Å²) >= 11 is 1.42. The van der Waals surface area contributed by atoms with Crippen LogP contribution in [-0.2, 0) is 11.2 Å². The van der Waals surface area contributed by atoms with E-state index in [1.54, 1.807) is 6.33 Å². The second kappa shape index (κ2) is 9.80. The number of anilines is 1. The SMILES string of the molecule is CCc1ccccc1-n1cnnc1SCC(=O)NCC1CCN(c2ccccc2)C1. The van der Waals surface area contributed by atoms with Crippen LogP contribution in [0.2, 0.25) is 0 Å². The molecule has 0 spiro atoms. The first-order valence-corrected chi connectivity index (χ1v) is 11.4. The van der Waals surface area contributed by atoms with Crippen LogP contribution in [0.25, 0.3) is 5.69 Å². The van der Waals surface area contributed by atoms with Gasteiger partial charge in [-0.1, -0.05) is 55.1 Å². The molecule has 3 aromatic rings. The molecule has 2 aromatic carbocycles. The van der Waals surface area contributed by atoms with Gasteiger partial charge in [-0.2, -0.15) is 0 Å². The first kappa shape index (κ1) is 20.5. The topological polar surface area (TPSA) is 63.1 Å². The van der Waals surface area contributed by atoms with Gasteiger partial charge >= 0.3 is 0 Å². The summed E-state index contributed by atoms with van der Waals surface area (Å²) in [6, 6.07) is 18.7. The molecule has 0 bridgehead atoms. The lowest BCUT2D eigenvalue weighted by molar-refractivity contribution is -0.118. The van der Waals surface area contributed by atoms with Crippen molar-refractivity contribution >= 4 is 23.4 Å². The number of thioether (sulfide) groups is 1. The molecule has 0 saturated carbocycles. The van der Waals surface area contributed by atoms with E-state index in [0.29, 0.717) is 18.2 Å². The minimum Gasteiger partial charge on any atom is -0.371 e. The van der Waals surface area contributed by atoms with Gasteiger partial charge in [0.1, 0.15) is 6.33 Å². The molecule has 1 fully saturated rings. The summed E-state index contributed by atoms with van der Waals surface area (Å²) in [6.45, 7) is 4.87. The van der Waals surface area contributed by atoms with Crippen LogP contribution in [0.15, 0.2) is 66.1 Å². The molecular weight excluding hydrogens is 394 g/mol. The fraction of sp³-hybridized carbons (Fsp3) is 0.348. The van der Waals surface area contributed by atoms with Crippen LogP contribution in [0.3, 0.4) is 0 Å². The molecule has 1 aliphatic heterocycles. The van der Waals surface area contributed by atoms with Gasteiger partial charge in [-0.3, -0.25) is 9.36 Å². The van der Waals surface area contributed by atoms with Crippen molar-refractivity contribution in [1.82, 2.24) is 20.1 Å². The third kappa shape index (κ3) is 4.84. The van der Waals surface area contributed by atoms with Crippen LogP contribution in [0.5, 0.6) is 0 Å². The zero-order valence-electron chi connectivity index (χ0n) is 17.2. The Hall–Kier alpha value is -2.80. The maximum absolute atomic E-state index is 12.4. The lowest BCUT2D eigenvalue weighted by atomic mass is 10.1. The number of rotatable bonds is 8. The van der Waals surface area contributed by atoms with Gasteiger partial charge in [0.2, 0.25) is 5.91 Å². The minimum atomic E-state index is 0.0384. The molecule has 30 heavy (non-hydrogen) atoms. The molecule has 0 aliphatic carbocycles. The van der Waals surface area contributed by atoms with Gasteiger partial charge in [-0.15, -0.1) is 10.2 Å². The number of para-hydroxylation sites is 2. The van der Waals surface area contributed by atoms with E-state index in [4.69, 9.17) is 0 Å². The second-order valence-electron chi connectivity index (χ2n) is 7.49. The smallest absolute Gasteiger partial charge is 0.230 e. The van der Waals surface area contributed by atoms with Crippen LogP contribution in [0.1, 0.15) is 18.9 Å². The van der Waals surface area contributed by atoms with Crippen LogP contribution in [0, 0.1) is 5.92 Å². The Morgan fingerprint density at radius 1 is 1.17 bits per heavy atom. The number of nitrogens with one attached hydrogen (secondary N) is 1. The number of carbonyl (C=O) groups excluding carboxylic acids is 1. The first-order chi connectivity index (χ1) is 14.7. The summed E-state index contributed by atoms with van der Waals surface area (Å²) in [7, 11) is 0. The Balaban J connectivity index is 1.27. The lowest BCUT2D eigenvalue weighted by Crippen LogP contribution is -2.32. The maximum atomic E-state index is 12.4. The van der Waals surface area contributed by atoms with Crippen molar-refractivity contribution in [3.63, 3.8) is 0 Å². The lowest BCUT2D eigenvalue weighted by Gasteiger charge is -2.18. The Labute approximate surface area is 181 Å². The summed E-state index contributed by atoms with van der Waals surface area (Å²) in [5, 5.41) is 12.1. The van der Waals surface area contributed by atoms with Crippen molar-refractivity contribution in [1.29, 1.82) is 0 Å². The molecule has 1 atom stereocenters. The Kier molecular flexibility index (Phi) is 6.69. The Morgan fingerprint density at radius 2 is 1.97 bits per heavy atom. The quantitative estimate of drug-likeness (QED) is 0.564. The van der Waals surface area contributed by atoms with Crippen molar-refractivity contribution < 1.29 is 4.79 Å². The number of hydrogen-bond donors (Lipinski definition) is 1. The van der Waals surface area contributed by atoms with Crippen molar-refractivity contribution in [2.75, 3.05) is 30.3 Å². The molecule has 0 radical (unpaired) electrons. The summed E-state index contributed by atoms with van der Waals surface area (Å²) < 4.78 is 1.96. The number of amides is 1. The molecule has 1 saturated heterocycles. The fourth-order valence-corrected chi connectivity index (χ4v) is 4.60. The van der Waals surface area contributed by atoms with E-state index in [0.717, 1.165) is 36.8 Å². The normalized spacial score (nSPS) is 16.0. The molecule has 1 N–H and O–H groups in total. The number of carbonyl (C=O) groups is 1. The average Bonchev–Trinajstić information content (AvgIpc) is 3.46. The third-order valence-corrected chi connectivity index (χ3v) is 6.42. The van der Waals surface area contributed by atoms with Gasteiger partial charge < -0.3 is 10.2 Å². The van der Waals surface area contributed by atoms with Gasteiger partial charge in [0.25, 0.3) is 0 Å². The summed E-state index contributed by atoms with van der Waals surface area (Å²) in [6.07, 6.45) is 3.75. The van der Waals surface area contributed by atoms with E-state index < -0.39 is 0 Å². The largest absolute Gasteiger partial charge is 0.371 e. The number of aromatic nitrogens is 3. The number of nitrogens with zero attached hydrogens (tertiary/aromatic N) is 4. The molecule has 1 aromatic heterocycles. The molecule has 156 valence electrons. The van der Waals surface area contributed by atoms with Crippen molar-refractivity contribution in [3.8, 4) is 5.69 Å². The highest BCUT2D eigenvalue weighted by Crippen LogP contribution is 2.24. The van der Waals surface area contributed by atoms with Crippen LogP contribution < -0.4 is 10.2 Å². The highest BCUT2D eigenvalue weighted by atomic mass is 32.2. The number of benzene rings is 2. The van der Waals surface area contributed by atoms with E-state index >= 15 is 0 Å². The standard InChI is InChI=1S/C23H27N5OS/c1-2-19-8-6-7-11-21(19)28-17-25-26-23(28)30-16-22(29)24-14-18-12-13-27(15-18)20-9-4-3-5-10-20/h3-11,17-18H,2,12-16H2,1H3,(H,24,29). The Morgan fingerprint density at radius 3 is 2.80 bits per heavy atom. The average molecular weight is 422 g/mol. The predicted molar refractivity (Wildman–Crippen MR) is 121 cm³/mol. The van der Waals surface area contributed by atoms with Gasteiger partial charge in [0, 0.05) is 25.3 Å². The van der Waals surface area contributed by atoms with E-state index in [1.165, 1.54) is 23.0 Å². The fourth-order valence-electron chi connectivity index (χ4n) is 3.84. The zero-order chi connectivity index (χ0) is 20.8. The summed E-state index contributed by atoms with van der Waals surface area (Å²) in [5.74, 6) is 0.859. The van der Waals surface area contributed by atoms with E-state index in [-0.39, 0.29) is 5.91 Å². The highest BCUT2D eigenvalue weighted by Gasteiger charge is 2.23. The molecule has 2 heterocycles. The minimum absolute atomic E-state index is 0.0384. The maximum Gasteiger partial charge on any atom is 0.230 e. The molecule has 1 unspecified atom stereocenters. The van der Waals surface area contributed by atoms with Crippen LogP contribution in [-0.4, -0.2) is 46.1 Å². The molecule has 1 aliphatic rings. The number of aryl methyl sites for hydroxylation is 1. The van der Waals surface area contributed by atoms with Gasteiger partial charge in [-0.05, 0) is 42.5 Å². The molecule has 6 nitrogen and oxygen atoms in total. The second-order valence-corrected chi connectivity index (χ2v) is 8.44.